The molecule has 25 heavy (non-hydrogen) atoms. The zero-order valence-corrected chi connectivity index (χ0v) is 14.7. The molecule has 0 unspecified atom stereocenters. The molecule has 0 aliphatic carbocycles. The zero-order valence-electron chi connectivity index (χ0n) is 13.8. The molecule has 3 rings (SSSR count). The summed E-state index contributed by atoms with van der Waals surface area (Å²) in [6, 6.07) is 15.1. The van der Waals surface area contributed by atoms with Gasteiger partial charge in [-0.25, -0.2) is 0 Å². The smallest absolute Gasteiger partial charge is 0.257 e. The van der Waals surface area contributed by atoms with Gasteiger partial charge in [-0.2, -0.15) is 0 Å². The Morgan fingerprint density at radius 3 is 2.32 bits per heavy atom. The predicted molar refractivity (Wildman–Crippen MR) is 102 cm³/mol. The number of aromatic nitrogens is 1. The number of para-hydroxylation sites is 1. The summed E-state index contributed by atoms with van der Waals surface area (Å²) in [4.78, 5) is 27.7. The van der Waals surface area contributed by atoms with Crippen molar-refractivity contribution in [2.75, 3.05) is 7.05 Å². The monoisotopic (exact) mass is 357 g/mol. The van der Waals surface area contributed by atoms with Crippen LogP contribution in [0.5, 0.6) is 0 Å². The van der Waals surface area contributed by atoms with Gasteiger partial charge in [0.2, 0.25) is 5.43 Å². The van der Waals surface area contributed by atoms with Crippen LogP contribution in [0.3, 0.4) is 0 Å². The third kappa shape index (κ3) is 4.26. The van der Waals surface area contributed by atoms with Gasteiger partial charge in [0.25, 0.3) is 5.91 Å². The molecule has 0 spiro atoms. The number of carbonyl (C=O) groups is 1. The highest BCUT2D eigenvalue weighted by molar-refractivity contribution is 5.97. The molecule has 1 amide bonds. The summed E-state index contributed by atoms with van der Waals surface area (Å²) < 4.78 is 0. The van der Waals surface area contributed by atoms with Crippen LogP contribution in [0.1, 0.15) is 21.5 Å². The Hall–Kier alpha value is -2.63. The van der Waals surface area contributed by atoms with E-state index in [1.807, 2.05) is 43.4 Å². The molecule has 5 nitrogen and oxygen atoms in total. The molecular formula is C19H20ClN3O2. The van der Waals surface area contributed by atoms with Crippen LogP contribution in [0.25, 0.3) is 10.9 Å². The van der Waals surface area contributed by atoms with E-state index in [0.29, 0.717) is 11.9 Å². The number of nitrogens with one attached hydrogen (secondary N) is 3. The molecule has 0 fully saturated rings. The lowest BCUT2D eigenvalue weighted by atomic mass is 10.1. The third-order valence-electron chi connectivity index (χ3n) is 3.89. The molecule has 0 saturated carbocycles. The van der Waals surface area contributed by atoms with Crippen molar-refractivity contribution in [3.05, 3.63) is 81.6 Å². The summed E-state index contributed by atoms with van der Waals surface area (Å²) in [5.74, 6) is -0.374. The van der Waals surface area contributed by atoms with Crippen LogP contribution < -0.4 is 16.1 Å². The molecule has 0 saturated heterocycles. The number of benzene rings is 2. The number of rotatable bonds is 5. The second kappa shape index (κ2) is 8.46. The summed E-state index contributed by atoms with van der Waals surface area (Å²) in [5, 5.41) is 6.40. The highest BCUT2D eigenvalue weighted by Gasteiger charge is 2.12. The molecule has 0 radical (unpaired) electrons. The summed E-state index contributed by atoms with van der Waals surface area (Å²) >= 11 is 0. The first-order valence-corrected chi connectivity index (χ1v) is 7.80. The van der Waals surface area contributed by atoms with Crippen LogP contribution in [0.15, 0.2) is 59.5 Å². The minimum Gasteiger partial charge on any atom is -0.360 e. The van der Waals surface area contributed by atoms with Crippen molar-refractivity contribution in [2.45, 2.75) is 13.1 Å². The van der Waals surface area contributed by atoms with Gasteiger partial charge in [-0.1, -0.05) is 36.4 Å². The van der Waals surface area contributed by atoms with Gasteiger partial charge in [-0.15, -0.1) is 12.4 Å². The average molecular weight is 358 g/mol. The number of hydrogen-bond donors (Lipinski definition) is 3. The molecule has 130 valence electrons. The lowest BCUT2D eigenvalue weighted by molar-refractivity contribution is 0.0949. The Balaban J connectivity index is 0.00000225. The molecule has 0 aliphatic heterocycles. The fourth-order valence-electron chi connectivity index (χ4n) is 2.59. The number of hydrogen-bond acceptors (Lipinski definition) is 3. The van der Waals surface area contributed by atoms with E-state index in [-0.39, 0.29) is 29.3 Å². The van der Waals surface area contributed by atoms with Gasteiger partial charge in [-0.3, -0.25) is 9.59 Å². The van der Waals surface area contributed by atoms with E-state index in [1.165, 1.54) is 11.8 Å². The molecule has 1 aromatic heterocycles. The fraction of sp³-hybridized carbons (Fsp3) is 0.158. The van der Waals surface area contributed by atoms with Gasteiger partial charge in [0.15, 0.2) is 0 Å². The molecule has 0 aliphatic rings. The van der Waals surface area contributed by atoms with Gasteiger partial charge in [0, 0.05) is 30.2 Å². The van der Waals surface area contributed by atoms with Crippen LogP contribution in [0.2, 0.25) is 0 Å². The van der Waals surface area contributed by atoms with Crippen molar-refractivity contribution < 1.29 is 4.79 Å². The Morgan fingerprint density at radius 1 is 1.00 bits per heavy atom. The topological polar surface area (TPSA) is 74.0 Å². The second-order valence-corrected chi connectivity index (χ2v) is 5.61. The van der Waals surface area contributed by atoms with Gasteiger partial charge in [0.05, 0.1) is 0 Å². The highest BCUT2D eigenvalue weighted by atomic mass is 35.5. The van der Waals surface area contributed by atoms with Gasteiger partial charge < -0.3 is 15.6 Å². The molecule has 0 bridgehead atoms. The van der Waals surface area contributed by atoms with Crippen molar-refractivity contribution >= 4 is 29.2 Å². The molecule has 6 heteroatoms. The minimum absolute atomic E-state index is 0. The maximum absolute atomic E-state index is 12.4. The second-order valence-electron chi connectivity index (χ2n) is 5.61. The van der Waals surface area contributed by atoms with Crippen molar-refractivity contribution in [3.8, 4) is 0 Å². The first-order chi connectivity index (χ1) is 11.7. The molecule has 0 atom stereocenters. The van der Waals surface area contributed by atoms with Gasteiger partial charge in [-0.05, 0) is 30.3 Å². The lowest BCUT2D eigenvalue weighted by Gasteiger charge is -2.07. The number of fused-ring (bicyclic) bond motifs is 1. The van der Waals surface area contributed by atoms with Crippen LogP contribution in [0.4, 0.5) is 0 Å². The number of carbonyl (C=O) groups excluding carboxylic acids is 1. The largest absolute Gasteiger partial charge is 0.360 e. The molecule has 3 aromatic rings. The third-order valence-corrected chi connectivity index (χ3v) is 3.89. The maximum atomic E-state index is 12.4. The Kier molecular flexibility index (Phi) is 6.33. The number of halogens is 1. The van der Waals surface area contributed by atoms with Crippen LogP contribution in [-0.2, 0) is 13.1 Å². The highest BCUT2D eigenvalue weighted by Crippen LogP contribution is 2.08. The average Bonchev–Trinajstić information content (AvgIpc) is 2.62. The van der Waals surface area contributed by atoms with Crippen molar-refractivity contribution in [1.82, 2.24) is 15.6 Å². The SMILES string of the molecule is CNCc1ccc(CNC(=O)c2c[nH]c3ccccc3c2=O)cc1.Cl. The van der Waals surface area contributed by atoms with Crippen LogP contribution in [-0.4, -0.2) is 17.9 Å². The number of H-pyrrole nitrogens is 1. The number of amides is 1. The normalized spacial score (nSPS) is 10.3. The Morgan fingerprint density at radius 2 is 1.64 bits per heavy atom. The number of aromatic amines is 1. The summed E-state index contributed by atoms with van der Waals surface area (Å²) in [6.45, 7) is 1.18. The van der Waals surface area contributed by atoms with E-state index >= 15 is 0 Å². The molecule has 2 aromatic carbocycles. The summed E-state index contributed by atoms with van der Waals surface area (Å²) in [7, 11) is 1.90. The van der Waals surface area contributed by atoms with E-state index in [1.54, 1.807) is 12.1 Å². The van der Waals surface area contributed by atoms with Crippen molar-refractivity contribution in [2.24, 2.45) is 0 Å². The first kappa shape index (κ1) is 18.7. The maximum Gasteiger partial charge on any atom is 0.257 e. The standard InChI is InChI=1S/C19H19N3O2.ClH/c1-20-10-13-6-8-14(9-7-13)11-22-19(24)16-12-21-17-5-3-2-4-15(17)18(16)23;/h2-9,12,20H,10-11H2,1H3,(H,21,23)(H,22,24);1H. The predicted octanol–water partition coefficient (Wildman–Crippen LogP) is 2.60. The molecular weight excluding hydrogens is 338 g/mol. The van der Waals surface area contributed by atoms with E-state index in [0.717, 1.165) is 17.6 Å². The zero-order chi connectivity index (χ0) is 16.9. The van der Waals surface area contributed by atoms with E-state index in [4.69, 9.17) is 0 Å². The summed E-state index contributed by atoms with van der Waals surface area (Å²) in [5.41, 5.74) is 2.75. The first-order valence-electron chi connectivity index (χ1n) is 7.80. The van der Waals surface area contributed by atoms with Gasteiger partial charge >= 0.3 is 0 Å². The summed E-state index contributed by atoms with van der Waals surface area (Å²) in [6.07, 6.45) is 1.47. The van der Waals surface area contributed by atoms with Crippen LogP contribution in [0, 0.1) is 0 Å². The van der Waals surface area contributed by atoms with E-state index < -0.39 is 0 Å². The lowest BCUT2D eigenvalue weighted by Crippen LogP contribution is -2.28. The van der Waals surface area contributed by atoms with Crippen molar-refractivity contribution in [1.29, 1.82) is 0 Å². The van der Waals surface area contributed by atoms with Crippen molar-refractivity contribution in [3.63, 3.8) is 0 Å². The van der Waals surface area contributed by atoms with E-state index in [2.05, 4.69) is 15.6 Å². The van der Waals surface area contributed by atoms with Crippen LogP contribution >= 0.6 is 12.4 Å². The minimum atomic E-state index is -0.374. The number of pyridine rings is 1. The molecule has 1 heterocycles. The van der Waals surface area contributed by atoms with E-state index in [9.17, 15) is 9.59 Å². The molecule has 3 N–H and O–H groups in total. The fourth-order valence-corrected chi connectivity index (χ4v) is 2.59. The Labute approximate surface area is 151 Å². The quantitative estimate of drug-likeness (QED) is 0.657. The van der Waals surface area contributed by atoms with Gasteiger partial charge in [0.1, 0.15) is 5.56 Å². The Bertz CT molecular complexity index is 920.